The molecule has 0 aromatic heterocycles. The van der Waals surface area contributed by atoms with E-state index >= 15 is 0 Å². The first-order valence-corrected chi connectivity index (χ1v) is 9.16. The van der Waals surface area contributed by atoms with Crippen LogP contribution in [-0.4, -0.2) is 44.7 Å². The molecule has 126 valence electrons. The molecule has 0 amide bonds. The summed E-state index contributed by atoms with van der Waals surface area (Å²) < 4.78 is 41.8. The summed E-state index contributed by atoms with van der Waals surface area (Å²) in [4.78, 5) is 11.2. The lowest BCUT2D eigenvalue weighted by molar-refractivity contribution is -0.145. The number of benzene rings is 1. The Hall–Kier alpha value is -1.44. The Morgan fingerprint density at radius 2 is 1.91 bits per heavy atom. The van der Waals surface area contributed by atoms with Gasteiger partial charge in [-0.1, -0.05) is 17.7 Å². The van der Waals surface area contributed by atoms with Gasteiger partial charge >= 0.3 is 5.97 Å². The van der Waals surface area contributed by atoms with Gasteiger partial charge in [-0.3, -0.25) is 4.79 Å². The Labute approximate surface area is 135 Å². The van der Waals surface area contributed by atoms with Gasteiger partial charge in [0.1, 0.15) is 12.7 Å². The van der Waals surface area contributed by atoms with Crippen LogP contribution in [0.15, 0.2) is 29.2 Å². The highest BCUT2D eigenvalue weighted by Gasteiger charge is 2.47. The first-order valence-electron chi connectivity index (χ1n) is 7.61. The number of hydrogen-bond donors (Lipinski definition) is 0. The summed E-state index contributed by atoms with van der Waals surface area (Å²) in [5, 5.41) is -0.545. The van der Waals surface area contributed by atoms with Crippen LogP contribution >= 0.6 is 0 Å². The molecule has 0 unspecified atom stereocenters. The normalized spacial score (nSPS) is 30.2. The molecule has 6 nitrogen and oxygen atoms in total. The van der Waals surface area contributed by atoms with E-state index in [1.807, 2.05) is 6.92 Å². The monoisotopic (exact) mass is 340 g/mol. The predicted octanol–water partition coefficient (Wildman–Crippen LogP) is 1.60. The minimum Gasteiger partial charge on any atom is -0.463 e. The van der Waals surface area contributed by atoms with Crippen LogP contribution in [0.25, 0.3) is 0 Å². The van der Waals surface area contributed by atoms with E-state index in [4.69, 9.17) is 14.2 Å². The van der Waals surface area contributed by atoms with Gasteiger partial charge in [0.2, 0.25) is 0 Å². The predicted molar refractivity (Wildman–Crippen MR) is 81.6 cm³/mol. The van der Waals surface area contributed by atoms with E-state index in [9.17, 15) is 13.2 Å². The molecule has 2 saturated heterocycles. The third kappa shape index (κ3) is 3.41. The largest absolute Gasteiger partial charge is 0.463 e. The Kier molecular flexibility index (Phi) is 4.44. The second-order valence-corrected chi connectivity index (χ2v) is 8.26. The standard InChI is InChI=1S/C16H20O6S/c1-10-3-5-12(6-4-10)23(18,19)13-7-14-15(9-20-11(2)17)22-16(8-13)21-14/h3-6,13-16H,7-9H2,1-2H3/t13-,14+,15+,16+/m1/s1. The van der Waals surface area contributed by atoms with E-state index in [-0.39, 0.29) is 18.7 Å². The highest BCUT2D eigenvalue weighted by Crippen LogP contribution is 2.37. The van der Waals surface area contributed by atoms with Crippen LogP contribution in [0.2, 0.25) is 0 Å². The number of ether oxygens (including phenoxy) is 3. The summed E-state index contributed by atoms with van der Waals surface area (Å²) in [5.41, 5.74) is 1.01. The van der Waals surface area contributed by atoms with Crippen molar-refractivity contribution in [3.63, 3.8) is 0 Å². The number of aryl methyl sites for hydroxylation is 1. The fourth-order valence-corrected chi connectivity index (χ4v) is 4.76. The lowest BCUT2D eigenvalue weighted by Crippen LogP contribution is -2.37. The lowest BCUT2D eigenvalue weighted by Gasteiger charge is -2.27. The zero-order chi connectivity index (χ0) is 16.6. The molecular weight excluding hydrogens is 320 g/mol. The molecular formula is C16H20O6S. The summed E-state index contributed by atoms with van der Waals surface area (Å²) in [7, 11) is -3.43. The number of esters is 1. The van der Waals surface area contributed by atoms with E-state index in [1.165, 1.54) is 6.92 Å². The summed E-state index contributed by atoms with van der Waals surface area (Å²) >= 11 is 0. The molecule has 1 aromatic rings. The second-order valence-electron chi connectivity index (χ2n) is 6.03. The van der Waals surface area contributed by atoms with E-state index < -0.39 is 27.5 Å². The number of sulfone groups is 1. The van der Waals surface area contributed by atoms with Crippen LogP contribution in [0.1, 0.15) is 25.3 Å². The van der Waals surface area contributed by atoms with Crippen molar-refractivity contribution in [1.82, 2.24) is 0 Å². The Bertz CT molecular complexity index is 681. The van der Waals surface area contributed by atoms with Crippen LogP contribution in [0.4, 0.5) is 0 Å². The molecule has 0 spiro atoms. The Balaban J connectivity index is 1.73. The summed E-state index contributed by atoms with van der Waals surface area (Å²) in [5.74, 6) is -0.390. The number of carbonyl (C=O) groups is 1. The molecule has 0 radical (unpaired) electrons. The van der Waals surface area contributed by atoms with Crippen molar-refractivity contribution >= 4 is 15.8 Å². The molecule has 2 fully saturated rings. The summed E-state index contributed by atoms with van der Waals surface area (Å²) in [6.07, 6.45) is -0.679. The van der Waals surface area contributed by atoms with Crippen LogP contribution in [0.3, 0.4) is 0 Å². The van der Waals surface area contributed by atoms with Crippen LogP contribution in [-0.2, 0) is 28.8 Å². The molecule has 4 atom stereocenters. The minimum atomic E-state index is -3.43. The molecule has 7 heteroatoms. The van der Waals surface area contributed by atoms with Gasteiger partial charge in [-0.15, -0.1) is 0 Å². The smallest absolute Gasteiger partial charge is 0.302 e. The molecule has 0 N–H and O–H groups in total. The maximum atomic E-state index is 12.8. The SMILES string of the molecule is CC(=O)OC[C@@H]1O[C@H]2C[C@H](S(=O)(=O)c3ccc(C)cc3)C[C@@H]1O2. The first-order chi connectivity index (χ1) is 10.9. The van der Waals surface area contributed by atoms with Crippen molar-refractivity contribution in [3.8, 4) is 0 Å². The zero-order valence-electron chi connectivity index (χ0n) is 13.1. The van der Waals surface area contributed by atoms with Crippen molar-refractivity contribution in [2.24, 2.45) is 0 Å². The average molecular weight is 340 g/mol. The highest BCUT2D eigenvalue weighted by atomic mass is 32.2. The zero-order valence-corrected chi connectivity index (χ0v) is 13.9. The van der Waals surface area contributed by atoms with Gasteiger partial charge < -0.3 is 14.2 Å². The summed E-state index contributed by atoms with van der Waals surface area (Å²) in [6.45, 7) is 3.33. The first kappa shape index (κ1) is 16.4. The topological polar surface area (TPSA) is 78.9 Å². The molecule has 2 bridgehead atoms. The van der Waals surface area contributed by atoms with Crippen LogP contribution in [0.5, 0.6) is 0 Å². The van der Waals surface area contributed by atoms with Gasteiger partial charge in [0.05, 0.1) is 16.2 Å². The van der Waals surface area contributed by atoms with Crippen molar-refractivity contribution in [2.75, 3.05) is 6.61 Å². The Morgan fingerprint density at radius 3 is 2.57 bits per heavy atom. The third-order valence-electron chi connectivity index (χ3n) is 4.26. The van der Waals surface area contributed by atoms with Crippen LogP contribution in [0, 0.1) is 6.92 Å². The molecule has 2 heterocycles. The molecule has 23 heavy (non-hydrogen) atoms. The van der Waals surface area contributed by atoms with Gasteiger partial charge in [0, 0.05) is 13.3 Å². The fourth-order valence-electron chi connectivity index (χ4n) is 3.01. The van der Waals surface area contributed by atoms with E-state index in [0.717, 1.165) is 5.56 Å². The van der Waals surface area contributed by atoms with Gasteiger partial charge in [-0.25, -0.2) is 8.42 Å². The van der Waals surface area contributed by atoms with E-state index in [0.29, 0.717) is 17.7 Å². The number of carbonyl (C=O) groups excluding carboxylic acids is 1. The molecule has 0 aliphatic carbocycles. The van der Waals surface area contributed by atoms with E-state index in [2.05, 4.69) is 0 Å². The van der Waals surface area contributed by atoms with Crippen molar-refractivity contribution in [3.05, 3.63) is 29.8 Å². The number of hydrogen-bond acceptors (Lipinski definition) is 6. The molecule has 0 saturated carbocycles. The van der Waals surface area contributed by atoms with Gasteiger partial charge in [0.15, 0.2) is 16.1 Å². The molecule has 2 aliphatic rings. The number of fused-ring (bicyclic) bond motifs is 2. The third-order valence-corrected chi connectivity index (χ3v) is 6.45. The average Bonchev–Trinajstić information content (AvgIpc) is 2.79. The van der Waals surface area contributed by atoms with Gasteiger partial charge in [-0.2, -0.15) is 0 Å². The van der Waals surface area contributed by atoms with Crippen molar-refractivity contribution < 1.29 is 27.4 Å². The van der Waals surface area contributed by atoms with Crippen molar-refractivity contribution in [2.45, 2.75) is 55.3 Å². The van der Waals surface area contributed by atoms with Gasteiger partial charge in [0.25, 0.3) is 0 Å². The van der Waals surface area contributed by atoms with Crippen molar-refractivity contribution in [1.29, 1.82) is 0 Å². The highest BCUT2D eigenvalue weighted by molar-refractivity contribution is 7.92. The fraction of sp³-hybridized carbons (Fsp3) is 0.562. The molecule has 1 aromatic carbocycles. The lowest BCUT2D eigenvalue weighted by atomic mass is 10.1. The summed E-state index contributed by atoms with van der Waals surface area (Å²) in [6, 6.07) is 6.86. The van der Waals surface area contributed by atoms with E-state index in [1.54, 1.807) is 24.3 Å². The second kappa shape index (κ2) is 6.22. The number of rotatable bonds is 4. The maximum Gasteiger partial charge on any atom is 0.302 e. The maximum absolute atomic E-state index is 12.8. The molecule has 3 rings (SSSR count). The van der Waals surface area contributed by atoms with Gasteiger partial charge in [-0.05, 0) is 25.5 Å². The van der Waals surface area contributed by atoms with Crippen LogP contribution < -0.4 is 0 Å². The molecule has 2 aliphatic heterocycles. The quantitative estimate of drug-likeness (QED) is 0.775. The Morgan fingerprint density at radius 1 is 1.22 bits per heavy atom. The minimum absolute atomic E-state index is 0.0911.